The molecule has 29 heavy (non-hydrogen) atoms. The van der Waals surface area contributed by atoms with E-state index in [2.05, 4.69) is 20.6 Å². The van der Waals surface area contributed by atoms with Crippen molar-refractivity contribution >= 4 is 17.1 Å². The monoisotopic (exact) mass is 392 g/mol. The summed E-state index contributed by atoms with van der Waals surface area (Å²) >= 11 is 0. The van der Waals surface area contributed by atoms with Crippen molar-refractivity contribution in [2.75, 3.05) is 19.6 Å². The van der Waals surface area contributed by atoms with Gasteiger partial charge in [-0.05, 0) is 43.7 Å². The summed E-state index contributed by atoms with van der Waals surface area (Å²) in [6, 6.07) is 5.62. The molecule has 3 aromatic rings. The van der Waals surface area contributed by atoms with Crippen LogP contribution in [0.4, 0.5) is 0 Å². The van der Waals surface area contributed by atoms with Crippen LogP contribution in [0.1, 0.15) is 40.9 Å². The maximum Gasteiger partial charge on any atom is 0.251 e. The Morgan fingerprint density at radius 1 is 1.34 bits per heavy atom. The van der Waals surface area contributed by atoms with E-state index in [1.165, 1.54) is 0 Å². The van der Waals surface area contributed by atoms with Crippen molar-refractivity contribution in [3.63, 3.8) is 0 Å². The van der Waals surface area contributed by atoms with Crippen molar-refractivity contribution < 1.29 is 9.53 Å². The van der Waals surface area contributed by atoms with Gasteiger partial charge in [-0.1, -0.05) is 0 Å². The average molecular weight is 392 g/mol. The number of rotatable bonds is 5. The summed E-state index contributed by atoms with van der Waals surface area (Å²) in [4.78, 5) is 21.5. The van der Waals surface area contributed by atoms with Crippen LogP contribution in [0.2, 0.25) is 0 Å². The third kappa shape index (κ3) is 3.44. The smallest absolute Gasteiger partial charge is 0.251 e. The van der Waals surface area contributed by atoms with Crippen molar-refractivity contribution in [2.24, 2.45) is 0 Å². The van der Waals surface area contributed by atoms with Crippen molar-refractivity contribution in [1.29, 1.82) is 0 Å². The van der Waals surface area contributed by atoms with E-state index in [1.54, 1.807) is 12.4 Å². The molecule has 150 valence electrons. The Kier molecular flexibility index (Phi) is 4.63. The van der Waals surface area contributed by atoms with E-state index in [1.807, 2.05) is 29.8 Å². The van der Waals surface area contributed by atoms with Crippen LogP contribution in [0.3, 0.4) is 0 Å². The summed E-state index contributed by atoms with van der Waals surface area (Å²) in [6.07, 6.45) is 5.46. The van der Waals surface area contributed by atoms with Crippen molar-refractivity contribution in [2.45, 2.75) is 38.3 Å². The number of hydrogen-bond donors (Lipinski definition) is 2. The number of ether oxygens (including phenoxy) is 1. The first-order valence-corrected chi connectivity index (χ1v) is 10.1. The van der Waals surface area contributed by atoms with Gasteiger partial charge < -0.3 is 15.4 Å². The fourth-order valence-corrected chi connectivity index (χ4v) is 4.18. The van der Waals surface area contributed by atoms with Gasteiger partial charge in [-0.25, -0.2) is 14.6 Å². The summed E-state index contributed by atoms with van der Waals surface area (Å²) < 4.78 is 7.56. The second-order valence-corrected chi connectivity index (χ2v) is 7.74. The predicted molar refractivity (Wildman–Crippen MR) is 108 cm³/mol. The van der Waals surface area contributed by atoms with Gasteiger partial charge in [0.2, 0.25) is 0 Å². The first-order valence-electron chi connectivity index (χ1n) is 10.1. The third-order valence-electron chi connectivity index (χ3n) is 5.61. The molecule has 2 aromatic heterocycles. The highest BCUT2D eigenvalue weighted by Gasteiger charge is 2.24. The Balaban J connectivity index is 1.28. The van der Waals surface area contributed by atoms with Crippen LogP contribution >= 0.6 is 0 Å². The second-order valence-electron chi connectivity index (χ2n) is 7.74. The molecule has 1 fully saturated rings. The molecule has 2 aliphatic rings. The van der Waals surface area contributed by atoms with Gasteiger partial charge in [0.05, 0.1) is 12.2 Å². The Labute approximate surface area is 168 Å². The zero-order chi connectivity index (χ0) is 19.8. The molecule has 0 radical (unpaired) electrons. The molecule has 0 aliphatic carbocycles. The standard InChI is InChI=1S/C21H24N6O2/c1-13-10-16-11-14(2-3-17(16)29-13)21(28)25-8-9-27-20-19(23-6-7-24-20)18(26-27)15-4-5-22-12-15/h2-3,6-7,11,13,15,22H,4-5,8-10,12H2,1H3,(H,25,28)/t13-,15+/m0/s1. The second kappa shape index (κ2) is 7.44. The zero-order valence-electron chi connectivity index (χ0n) is 16.4. The lowest BCUT2D eigenvalue weighted by molar-refractivity contribution is 0.0952. The van der Waals surface area contributed by atoms with Crippen molar-refractivity contribution in [3.8, 4) is 5.75 Å². The van der Waals surface area contributed by atoms with E-state index in [9.17, 15) is 4.79 Å². The highest BCUT2D eigenvalue weighted by Crippen LogP contribution is 2.29. The molecule has 8 heteroatoms. The number of nitrogens with zero attached hydrogens (tertiary/aromatic N) is 4. The van der Waals surface area contributed by atoms with Gasteiger partial charge in [0.1, 0.15) is 17.4 Å². The molecule has 1 saturated heterocycles. The first-order chi connectivity index (χ1) is 14.2. The van der Waals surface area contributed by atoms with Gasteiger partial charge >= 0.3 is 0 Å². The summed E-state index contributed by atoms with van der Waals surface area (Å²) in [5.41, 5.74) is 4.38. The Morgan fingerprint density at radius 3 is 3.10 bits per heavy atom. The highest BCUT2D eigenvalue weighted by molar-refractivity contribution is 5.94. The largest absolute Gasteiger partial charge is 0.490 e. The molecule has 2 aliphatic heterocycles. The van der Waals surface area contributed by atoms with Gasteiger partial charge in [0, 0.05) is 43.4 Å². The quantitative estimate of drug-likeness (QED) is 0.686. The molecule has 1 aromatic carbocycles. The number of hydrogen-bond acceptors (Lipinski definition) is 6. The van der Waals surface area contributed by atoms with Gasteiger partial charge in [0.25, 0.3) is 5.91 Å². The van der Waals surface area contributed by atoms with Crippen LogP contribution in [0.5, 0.6) is 5.75 Å². The molecule has 8 nitrogen and oxygen atoms in total. The topological polar surface area (TPSA) is 94.0 Å². The van der Waals surface area contributed by atoms with E-state index < -0.39 is 0 Å². The average Bonchev–Trinajstić information content (AvgIpc) is 3.45. The number of carbonyl (C=O) groups excluding carboxylic acids is 1. The number of amides is 1. The molecule has 2 atom stereocenters. The minimum absolute atomic E-state index is 0.0879. The first kappa shape index (κ1) is 18.1. The summed E-state index contributed by atoms with van der Waals surface area (Å²) in [6.45, 7) is 4.97. The van der Waals surface area contributed by atoms with Gasteiger partial charge in [-0.2, -0.15) is 5.10 Å². The minimum atomic E-state index is -0.0879. The Bertz CT molecular complexity index is 1060. The molecule has 0 spiro atoms. The molecule has 0 bridgehead atoms. The Hall–Kier alpha value is -3.00. The lowest BCUT2D eigenvalue weighted by Crippen LogP contribution is -2.27. The van der Waals surface area contributed by atoms with Crippen LogP contribution in [0.15, 0.2) is 30.6 Å². The van der Waals surface area contributed by atoms with Crippen LogP contribution in [-0.4, -0.2) is 51.4 Å². The van der Waals surface area contributed by atoms with Gasteiger partial charge in [-0.3, -0.25) is 4.79 Å². The predicted octanol–water partition coefficient (Wildman–Crippen LogP) is 1.66. The summed E-state index contributed by atoms with van der Waals surface area (Å²) in [7, 11) is 0. The van der Waals surface area contributed by atoms with Gasteiger partial charge in [0.15, 0.2) is 5.65 Å². The molecule has 0 unspecified atom stereocenters. The van der Waals surface area contributed by atoms with Crippen LogP contribution in [-0.2, 0) is 13.0 Å². The van der Waals surface area contributed by atoms with Crippen molar-refractivity contribution in [1.82, 2.24) is 30.4 Å². The van der Waals surface area contributed by atoms with Crippen LogP contribution in [0, 0.1) is 0 Å². The van der Waals surface area contributed by atoms with Crippen LogP contribution < -0.4 is 15.4 Å². The molecule has 4 heterocycles. The number of fused-ring (bicyclic) bond motifs is 2. The van der Waals surface area contributed by atoms with E-state index in [0.717, 1.165) is 54.1 Å². The number of benzene rings is 1. The number of carbonyl (C=O) groups is 1. The summed E-state index contributed by atoms with van der Waals surface area (Å²) in [5.74, 6) is 1.15. The fraction of sp³-hybridized carbons (Fsp3) is 0.429. The molecule has 2 N–H and O–H groups in total. The maximum absolute atomic E-state index is 12.6. The summed E-state index contributed by atoms with van der Waals surface area (Å²) in [5, 5.41) is 11.2. The maximum atomic E-state index is 12.6. The Morgan fingerprint density at radius 2 is 2.24 bits per heavy atom. The number of aromatic nitrogens is 4. The van der Waals surface area contributed by atoms with E-state index in [4.69, 9.17) is 9.84 Å². The molecule has 0 saturated carbocycles. The molecular weight excluding hydrogens is 368 g/mol. The third-order valence-corrected chi connectivity index (χ3v) is 5.61. The minimum Gasteiger partial charge on any atom is -0.490 e. The lowest BCUT2D eigenvalue weighted by atomic mass is 10.0. The highest BCUT2D eigenvalue weighted by atomic mass is 16.5. The SMILES string of the molecule is C[C@H]1Cc2cc(C(=O)NCCn3nc([C@@H]4CCNC4)c4nccnc43)ccc2O1. The molecular formula is C21H24N6O2. The number of nitrogens with one attached hydrogen (secondary N) is 2. The van der Waals surface area contributed by atoms with Crippen molar-refractivity contribution in [3.05, 3.63) is 47.4 Å². The normalized spacial score (nSPS) is 20.6. The van der Waals surface area contributed by atoms with Gasteiger partial charge in [-0.15, -0.1) is 0 Å². The molecule has 1 amide bonds. The zero-order valence-corrected chi connectivity index (χ0v) is 16.4. The molecule has 5 rings (SSSR count). The lowest BCUT2D eigenvalue weighted by Gasteiger charge is -2.07. The van der Waals surface area contributed by atoms with E-state index in [-0.39, 0.29) is 12.0 Å². The fourth-order valence-electron chi connectivity index (χ4n) is 4.18. The van der Waals surface area contributed by atoms with E-state index >= 15 is 0 Å². The van der Waals surface area contributed by atoms with E-state index in [0.29, 0.717) is 24.6 Å². The van der Waals surface area contributed by atoms with Crippen LogP contribution in [0.25, 0.3) is 11.2 Å².